The van der Waals surface area contributed by atoms with Crippen LogP contribution in [0.1, 0.15) is 5.69 Å². The summed E-state index contributed by atoms with van der Waals surface area (Å²) >= 11 is 5.47. The van der Waals surface area contributed by atoms with Gasteiger partial charge in [-0.05, 0) is 12.1 Å². The number of rotatable bonds is 2. The van der Waals surface area contributed by atoms with E-state index in [0.717, 1.165) is 4.57 Å². The van der Waals surface area contributed by atoms with E-state index < -0.39 is 22.5 Å². The zero-order valence-electron chi connectivity index (χ0n) is 10.4. The smallest absolute Gasteiger partial charge is 0.278 e. The highest BCUT2D eigenvalue weighted by atomic mass is 35.5. The van der Waals surface area contributed by atoms with E-state index in [0.29, 0.717) is 0 Å². The lowest BCUT2D eigenvalue weighted by atomic mass is 10.3. The Morgan fingerprint density at radius 3 is 2.62 bits per heavy atom. The number of pyridine rings is 1. The van der Waals surface area contributed by atoms with Gasteiger partial charge in [0, 0.05) is 6.20 Å². The minimum Gasteiger partial charge on any atom is -0.278 e. The minimum atomic E-state index is -4.85. The van der Waals surface area contributed by atoms with Crippen molar-refractivity contribution in [3.63, 3.8) is 0 Å². The normalized spacial score (nSPS) is 11.2. The third kappa shape index (κ3) is 2.90. The van der Waals surface area contributed by atoms with Crippen molar-refractivity contribution in [2.75, 3.05) is 0 Å². The number of terminal acetylenes is 1. The summed E-state index contributed by atoms with van der Waals surface area (Å²) in [6.07, 6.45) is 1.64. The second-order valence-corrected chi connectivity index (χ2v) is 4.28. The summed E-state index contributed by atoms with van der Waals surface area (Å²) in [5.41, 5.74) is -2.42. The van der Waals surface area contributed by atoms with E-state index in [1.807, 2.05) is 0 Å². The minimum absolute atomic E-state index is 0.0898. The average Bonchev–Trinajstić information content (AvgIpc) is 2.44. The van der Waals surface area contributed by atoms with E-state index in [2.05, 4.69) is 15.9 Å². The number of halogens is 4. The quantitative estimate of drug-likeness (QED) is 0.801. The summed E-state index contributed by atoms with van der Waals surface area (Å²) < 4.78 is 39.5. The monoisotopic (exact) mass is 313 g/mol. The maximum atomic E-state index is 12.9. The zero-order chi connectivity index (χ0) is 15.6. The molecular weight excluding hydrogens is 307 g/mol. The molecule has 0 N–H and O–H groups in total. The van der Waals surface area contributed by atoms with Gasteiger partial charge in [0.05, 0.1) is 6.54 Å². The van der Waals surface area contributed by atoms with Crippen molar-refractivity contribution in [1.29, 1.82) is 0 Å². The largest absolute Gasteiger partial charge is 0.435 e. The molecule has 0 fully saturated rings. The fraction of sp³-hybridized carbons (Fsp3) is 0.154. The molecule has 4 nitrogen and oxygen atoms in total. The van der Waals surface area contributed by atoms with E-state index in [9.17, 15) is 18.0 Å². The Kier molecular flexibility index (Phi) is 4.00. The summed E-state index contributed by atoms with van der Waals surface area (Å²) in [6, 6.07) is 4.55. The second kappa shape index (κ2) is 5.58. The third-order valence-corrected chi connectivity index (χ3v) is 2.87. The first-order chi connectivity index (χ1) is 9.86. The Balaban J connectivity index is 2.82. The molecule has 0 unspecified atom stereocenters. The molecule has 2 aromatic heterocycles. The van der Waals surface area contributed by atoms with Crippen molar-refractivity contribution in [2.24, 2.45) is 0 Å². The highest BCUT2D eigenvalue weighted by molar-refractivity contribution is 6.31. The lowest BCUT2D eigenvalue weighted by Crippen LogP contribution is -2.28. The lowest BCUT2D eigenvalue weighted by molar-refractivity contribution is -0.141. The summed E-state index contributed by atoms with van der Waals surface area (Å²) in [6.45, 7) is -0.268. The zero-order valence-corrected chi connectivity index (χ0v) is 11.1. The molecular formula is C13H7ClF3N3O. The molecule has 0 saturated heterocycles. The van der Waals surface area contributed by atoms with Gasteiger partial charge in [-0.2, -0.15) is 13.2 Å². The van der Waals surface area contributed by atoms with Crippen molar-refractivity contribution in [1.82, 2.24) is 14.5 Å². The molecule has 0 spiro atoms. The molecule has 0 aliphatic carbocycles. The van der Waals surface area contributed by atoms with Crippen LogP contribution < -0.4 is 5.56 Å². The second-order valence-electron chi connectivity index (χ2n) is 3.91. The SMILES string of the molecule is C#CCn1c(-c2ccccn2)nc(C(F)(F)F)c(Cl)c1=O. The van der Waals surface area contributed by atoms with Crippen molar-refractivity contribution in [3.05, 3.63) is 45.5 Å². The molecule has 0 bridgehead atoms. The molecule has 0 aliphatic heterocycles. The van der Waals surface area contributed by atoms with Crippen LogP contribution in [0.15, 0.2) is 29.2 Å². The summed E-state index contributed by atoms with van der Waals surface area (Å²) in [5.74, 6) is 1.89. The molecule has 0 saturated carbocycles. The number of aromatic nitrogens is 3. The van der Waals surface area contributed by atoms with Gasteiger partial charge in [-0.1, -0.05) is 23.6 Å². The van der Waals surface area contributed by atoms with Crippen LogP contribution in [0.3, 0.4) is 0 Å². The Hall–Kier alpha value is -2.33. The van der Waals surface area contributed by atoms with Gasteiger partial charge in [-0.15, -0.1) is 6.42 Å². The first kappa shape index (κ1) is 15.1. The number of hydrogen-bond acceptors (Lipinski definition) is 3. The van der Waals surface area contributed by atoms with Gasteiger partial charge in [-0.3, -0.25) is 14.3 Å². The maximum absolute atomic E-state index is 12.9. The van der Waals surface area contributed by atoms with E-state index in [1.54, 1.807) is 12.1 Å². The Bertz CT molecular complexity index is 763. The Morgan fingerprint density at radius 2 is 2.10 bits per heavy atom. The van der Waals surface area contributed by atoms with E-state index >= 15 is 0 Å². The first-order valence-electron chi connectivity index (χ1n) is 5.58. The molecule has 2 rings (SSSR count). The lowest BCUT2D eigenvalue weighted by Gasteiger charge is -2.14. The molecule has 2 heterocycles. The molecule has 0 radical (unpaired) electrons. The number of alkyl halides is 3. The van der Waals surface area contributed by atoms with Gasteiger partial charge in [0.2, 0.25) is 0 Å². The van der Waals surface area contributed by atoms with Crippen LogP contribution in [0.2, 0.25) is 5.02 Å². The van der Waals surface area contributed by atoms with Gasteiger partial charge >= 0.3 is 6.18 Å². The molecule has 0 atom stereocenters. The first-order valence-corrected chi connectivity index (χ1v) is 5.96. The number of hydrogen-bond donors (Lipinski definition) is 0. The summed E-state index contributed by atoms with van der Waals surface area (Å²) in [5, 5.41) is -1.02. The predicted molar refractivity (Wildman–Crippen MR) is 70.6 cm³/mol. The fourth-order valence-corrected chi connectivity index (χ4v) is 1.90. The topological polar surface area (TPSA) is 47.8 Å². The van der Waals surface area contributed by atoms with Gasteiger partial charge in [-0.25, -0.2) is 4.98 Å². The summed E-state index contributed by atoms with van der Waals surface area (Å²) in [4.78, 5) is 19.3. The Morgan fingerprint density at radius 1 is 1.38 bits per heavy atom. The van der Waals surface area contributed by atoms with Crippen molar-refractivity contribution >= 4 is 11.6 Å². The van der Waals surface area contributed by atoms with E-state index in [1.165, 1.54) is 12.3 Å². The molecule has 0 amide bonds. The molecule has 8 heteroatoms. The average molecular weight is 314 g/mol. The standard InChI is InChI=1S/C13H7ClF3N3O/c1-2-7-20-11(8-5-3-4-6-18-8)19-10(13(15,16)17)9(14)12(20)21/h1,3-6H,7H2. The van der Waals surface area contributed by atoms with Crippen molar-refractivity contribution in [3.8, 4) is 23.9 Å². The van der Waals surface area contributed by atoms with Crippen molar-refractivity contribution in [2.45, 2.75) is 12.7 Å². The van der Waals surface area contributed by atoms with Crippen LogP contribution in [0.25, 0.3) is 11.5 Å². The van der Waals surface area contributed by atoms with Crippen LogP contribution in [-0.4, -0.2) is 14.5 Å². The van der Waals surface area contributed by atoms with Gasteiger partial charge in [0.15, 0.2) is 11.5 Å². The third-order valence-electron chi connectivity index (χ3n) is 2.53. The molecule has 0 aromatic carbocycles. The fourth-order valence-electron chi connectivity index (χ4n) is 1.65. The summed E-state index contributed by atoms with van der Waals surface area (Å²) in [7, 11) is 0. The predicted octanol–water partition coefficient (Wildman–Crippen LogP) is 2.61. The molecule has 0 aliphatic rings. The van der Waals surface area contributed by atoms with Gasteiger partial charge < -0.3 is 0 Å². The maximum Gasteiger partial charge on any atom is 0.435 e. The van der Waals surface area contributed by atoms with Gasteiger partial charge in [0.25, 0.3) is 5.56 Å². The highest BCUT2D eigenvalue weighted by Crippen LogP contribution is 2.32. The van der Waals surface area contributed by atoms with Gasteiger partial charge in [0.1, 0.15) is 10.7 Å². The molecule has 108 valence electrons. The highest BCUT2D eigenvalue weighted by Gasteiger charge is 2.38. The van der Waals surface area contributed by atoms with Crippen LogP contribution in [0.4, 0.5) is 13.2 Å². The van der Waals surface area contributed by atoms with Crippen LogP contribution in [0, 0.1) is 12.3 Å². The van der Waals surface area contributed by atoms with Crippen LogP contribution in [-0.2, 0) is 12.7 Å². The van der Waals surface area contributed by atoms with Crippen LogP contribution in [0.5, 0.6) is 0 Å². The van der Waals surface area contributed by atoms with E-state index in [4.69, 9.17) is 18.0 Å². The van der Waals surface area contributed by atoms with Crippen molar-refractivity contribution < 1.29 is 13.2 Å². The van der Waals surface area contributed by atoms with E-state index in [-0.39, 0.29) is 18.1 Å². The number of nitrogens with zero attached hydrogens (tertiary/aromatic N) is 3. The molecule has 2 aromatic rings. The molecule has 21 heavy (non-hydrogen) atoms. The van der Waals surface area contributed by atoms with Crippen LogP contribution >= 0.6 is 11.6 Å². The Labute approximate surface area is 122 Å².